The molecule has 130 valence electrons. The highest BCUT2D eigenvalue weighted by Gasteiger charge is 2.21. The molecule has 2 aromatic rings. The van der Waals surface area contributed by atoms with Crippen molar-refractivity contribution in [2.24, 2.45) is 0 Å². The average Bonchev–Trinajstić information content (AvgIpc) is 2.64. The van der Waals surface area contributed by atoms with E-state index >= 15 is 0 Å². The van der Waals surface area contributed by atoms with Crippen LogP contribution in [0.2, 0.25) is 0 Å². The molecule has 2 aromatic carbocycles. The van der Waals surface area contributed by atoms with E-state index in [9.17, 15) is 4.79 Å². The summed E-state index contributed by atoms with van der Waals surface area (Å²) in [6.45, 7) is 1.28. The molecule has 0 radical (unpaired) electrons. The Labute approximate surface area is 156 Å². The Morgan fingerprint density at radius 1 is 1.12 bits per heavy atom. The first-order valence-electron chi connectivity index (χ1n) is 8.07. The molecule has 0 saturated carbocycles. The van der Waals surface area contributed by atoms with E-state index in [1.807, 2.05) is 47.4 Å². The van der Waals surface area contributed by atoms with Crippen LogP contribution in [0, 0.1) is 0 Å². The summed E-state index contributed by atoms with van der Waals surface area (Å²) in [4.78, 5) is 14.4. The van der Waals surface area contributed by atoms with Crippen LogP contribution in [0.15, 0.2) is 46.9 Å². The fourth-order valence-electron chi connectivity index (χ4n) is 2.95. The zero-order valence-electron chi connectivity index (χ0n) is 14.3. The van der Waals surface area contributed by atoms with Gasteiger partial charge in [-0.05, 0) is 53.5 Å². The molecule has 1 aliphatic heterocycles. The van der Waals surface area contributed by atoms with Crippen molar-refractivity contribution in [1.29, 1.82) is 0 Å². The molecule has 0 atom stereocenters. The van der Waals surface area contributed by atoms with Gasteiger partial charge < -0.3 is 14.4 Å². The highest BCUT2D eigenvalue weighted by Crippen LogP contribution is 2.33. The second-order valence-electron chi connectivity index (χ2n) is 5.87. The monoisotopic (exact) mass is 401 g/mol. The number of methoxy groups -OCH3 is 2. The molecule has 0 bridgehead atoms. The lowest BCUT2D eigenvalue weighted by atomic mass is 9.98. The number of rotatable bonds is 4. The van der Waals surface area contributed by atoms with E-state index in [1.165, 1.54) is 5.56 Å². The first-order chi connectivity index (χ1) is 12.1. The Kier molecular flexibility index (Phi) is 5.43. The molecule has 0 aliphatic carbocycles. The van der Waals surface area contributed by atoms with Crippen LogP contribution in [0.5, 0.6) is 11.5 Å². The molecule has 5 heteroatoms. The molecule has 25 heavy (non-hydrogen) atoms. The van der Waals surface area contributed by atoms with Crippen molar-refractivity contribution in [3.05, 3.63) is 63.6 Å². The molecule has 1 aliphatic rings. The summed E-state index contributed by atoms with van der Waals surface area (Å²) < 4.78 is 11.7. The SMILES string of the molecule is COc1cc2c(cc1OC)CN(C(=O)/C=C/c1cccc(Br)c1)CC2. The smallest absolute Gasteiger partial charge is 0.246 e. The predicted molar refractivity (Wildman–Crippen MR) is 102 cm³/mol. The first kappa shape index (κ1) is 17.5. The van der Waals surface area contributed by atoms with Gasteiger partial charge in [-0.2, -0.15) is 0 Å². The summed E-state index contributed by atoms with van der Waals surface area (Å²) in [7, 11) is 3.26. The van der Waals surface area contributed by atoms with E-state index in [0.29, 0.717) is 18.8 Å². The van der Waals surface area contributed by atoms with E-state index in [-0.39, 0.29) is 5.91 Å². The topological polar surface area (TPSA) is 38.8 Å². The van der Waals surface area contributed by atoms with Gasteiger partial charge in [0.2, 0.25) is 5.91 Å². The van der Waals surface area contributed by atoms with Crippen LogP contribution in [-0.2, 0) is 17.8 Å². The van der Waals surface area contributed by atoms with E-state index in [4.69, 9.17) is 9.47 Å². The summed E-state index contributed by atoms with van der Waals surface area (Å²) in [5.41, 5.74) is 3.30. The van der Waals surface area contributed by atoms with Crippen LogP contribution in [0.4, 0.5) is 0 Å². The number of hydrogen-bond acceptors (Lipinski definition) is 3. The van der Waals surface area contributed by atoms with Crippen LogP contribution in [0.3, 0.4) is 0 Å². The van der Waals surface area contributed by atoms with Gasteiger partial charge >= 0.3 is 0 Å². The number of hydrogen-bond donors (Lipinski definition) is 0. The number of fused-ring (bicyclic) bond motifs is 1. The maximum absolute atomic E-state index is 12.5. The van der Waals surface area contributed by atoms with Crippen molar-refractivity contribution in [1.82, 2.24) is 4.90 Å². The van der Waals surface area contributed by atoms with Gasteiger partial charge in [-0.3, -0.25) is 4.79 Å². The first-order valence-corrected chi connectivity index (χ1v) is 8.86. The fraction of sp³-hybridized carbons (Fsp3) is 0.250. The van der Waals surface area contributed by atoms with E-state index < -0.39 is 0 Å². The fourth-order valence-corrected chi connectivity index (χ4v) is 3.37. The maximum Gasteiger partial charge on any atom is 0.246 e. The second-order valence-corrected chi connectivity index (χ2v) is 6.79. The lowest BCUT2D eigenvalue weighted by Gasteiger charge is -2.28. The lowest BCUT2D eigenvalue weighted by molar-refractivity contribution is -0.126. The minimum Gasteiger partial charge on any atom is -0.493 e. The van der Waals surface area contributed by atoms with Gasteiger partial charge in [0.25, 0.3) is 0 Å². The zero-order valence-corrected chi connectivity index (χ0v) is 15.9. The van der Waals surface area contributed by atoms with Gasteiger partial charge in [0.1, 0.15) is 0 Å². The molecule has 0 unspecified atom stereocenters. The Morgan fingerprint density at radius 2 is 1.84 bits per heavy atom. The third kappa shape index (κ3) is 4.04. The minimum atomic E-state index is 0.0143. The summed E-state index contributed by atoms with van der Waals surface area (Å²) >= 11 is 3.44. The number of amides is 1. The third-order valence-electron chi connectivity index (χ3n) is 4.30. The Morgan fingerprint density at radius 3 is 2.52 bits per heavy atom. The van der Waals surface area contributed by atoms with Gasteiger partial charge in [-0.25, -0.2) is 0 Å². The maximum atomic E-state index is 12.5. The highest BCUT2D eigenvalue weighted by molar-refractivity contribution is 9.10. The predicted octanol–water partition coefficient (Wildman–Crippen LogP) is 4.06. The molecule has 1 amide bonds. The molecule has 0 saturated heterocycles. The van der Waals surface area contributed by atoms with Crippen LogP contribution in [-0.4, -0.2) is 31.6 Å². The van der Waals surface area contributed by atoms with Crippen molar-refractivity contribution in [3.8, 4) is 11.5 Å². The van der Waals surface area contributed by atoms with Crippen LogP contribution in [0.25, 0.3) is 6.08 Å². The van der Waals surface area contributed by atoms with E-state index in [0.717, 1.165) is 27.8 Å². The van der Waals surface area contributed by atoms with Crippen molar-refractivity contribution in [2.45, 2.75) is 13.0 Å². The second kappa shape index (κ2) is 7.74. The Bertz CT molecular complexity index is 817. The third-order valence-corrected chi connectivity index (χ3v) is 4.79. The number of ether oxygens (including phenoxy) is 2. The lowest BCUT2D eigenvalue weighted by Crippen LogP contribution is -2.34. The quantitative estimate of drug-likeness (QED) is 0.724. The largest absolute Gasteiger partial charge is 0.493 e. The summed E-state index contributed by atoms with van der Waals surface area (Å²) in [6.07, 6.45) is 4.29. The standard InChI is InChI=1S/C20H20BrNO3/c1-24-18-11-15-8-9-22(13-16(15)12-19(18)25-2)20(23)7-6-14-4-3-5-17(21)10-14/h3-7,10-12H,8-9,13H2,1-2H3/b7-6+. The van der Waals surface area contributed by atoms with Gasteiger partial charge in [-0.15, -0.1) is 0 Å². The molecule has 0 aromatic heterocycles. The number of carbonyl (C=O) groups excluding carboxylic acids is 1. The number of halogens is 1. The molecule has 3 rings (SSSR count). The summed E-state index contributed by atoms with van der Waals surface area (Å²) in [6, 6.07) is 11.8. The number of benzene rings is 2. The summed E-state index contributed by atoms with van der Waals surface area (Å²) in [5.74, 6) is 1.44. The number of carbonyl (C=O) groups is 1. The minimum absolute atomic E-state index is 0.0143. The van der Waals surface area contributed by atoms with Crippen molar-refractivity contribution in [3.63, 3.8) is 0 Å². The molecular formula is C20H20BrNO3. The molecule has 0 spiro atoms. The van der Waals surface area contributed by atoms with E-state index in [1.54, 1.807) is 20.3 Å². The highest BCUT2D eigenvalue weighted by atomic mass is 79.9. The molecule has 4 nitrogen and oxygen atoms in total. The number of nitrogens with zero attached hydrogens (tertiary/aromatic N) is 1. The Balaban J connectivity index is 1.74. The molecular weight excluding hydrogens is 382 g/mol. The molecule has 1 heterocycles. The van der Waals surface area contributed by atoms with Gasteiger partial charge in [0.15, 0.2) is 11.5 Å². The normalized spacial score (nSPS) is 13.6. The van der Waals surface area contributed by atoms with Crippen molar-refractivity contribution in [2.75, 3.05) is 20.8 Å². The summed E-state index contributed by atoms with van der Waals surface area (Å²) in [5, 5.41) is 0. The van der Waals surface area contributed by atoms with Crippen LogP contribution < -0.4 is 9.47 Å². The van der Waals surface area contributed by atoms with Gasteiger partial charge in [0.05, 0.1) is 14.2 Å². The molecule has 0 fully saturated rings. The zero-order chi connectivity index (χ0) is 17.8. The van der Waals surface area contributed by atoms with Gasteiger partial charge in [0, 0.05) is 23.6 Å². The van der Waals surface area contributed by atoms with Crippen LogP contribution in [0.1, 0.15) is 16.7 Å². The van der Waals surface area contributed by atoms with Crippen molar-refractivity contribution < 1.29 is 14.3 Å². The average molecular weight is 402 g/mol. The van der Waals surface area contributed by atoms with Gasteiger partial charge in [-0.1, -0.05) is 28.1 Å². The Hall–Kier alpha value is -2.27. The van der Waals surface area contributed by atoms with Crippen molar-refractivity contribution >= 4 is 27.9 Å². The van der Waals surface area contributed by atoms with Crippen LogP contribution >= 0.6 is 15.9 Å². The molecule has 0 N–H and O–H groups in total. The van der Waals surface area contributed by atoms with E-state index in [2.05, 4.69) is 15.9 Å².